The van der Waals surface area contributed by atoms with Gasteiger partial charge in [0.05, 0.1) is 0 Å². The van der Waals surface area contributed by atoms with Crippen LogP contribution in [0.25, 0.3) is 0 Å². The van der Waals surface area contributed by atoms with E-state index in [1.54, 1.807) is 12.4 Å². The zero-order chi connectivity index (χ0) is 23.5. The van der Waals surface area contributed by atoms with Gasteiger partial charge in [0.15, 0.2) is 0 Å². The van der Waals surface area contributed by atoms with E-state index in [9.17, 15) is 9.59 Å². The maximum Gasteiger partial charge on any atom is 0.408 e. The quantitative estimate of drug-likeness (QED) is 0.567. The number of nitrogens with zero attached hydrogens (tertiary/aromatic N) is 4. The fourth-order valence-corrected chi connectivity index (χ4v) is 3.67. The average Bonchev–Trinajstić information content (AvgIpc) is 2.87. The van der Waals surface area contributed by atoms with Gasteiger partial charge in [-0.1, -0.05) is 50.6 Å². The van der Waals surface area contributed by atoms with Crippen molar-refractivity contribution in [3.05, 3.63) is 54.4 Å². The molecule has 0 aliphatic carbocycles. The largest absolute Gasteiger partial charge is 0.445 e. The van der Waals surface area contributed by atoms with Crippen molar-refractivity contribution < 1.29 is 14.3 Å². The topological polar surface area (TPSA) is 99.7 Å². The maximum atomic E-state index is 12.8. The zero-order valence-electron chi connectivity index (χ0n) is 19.4. The number of anilines is 1. The summed E-state index contributed by atoms with van der Waals surface area (Å²) in [6, 6.07) is 10.6. The van der Waals surface area contributed by atoms with Crippen molar-refractivity contribution in [3.8, 4) is 0 Å². The highest BCUT2D eigenvalue weighted by Gasteiger charge is 2.26. The van der Waals surface area contributed by atoms with Crippen LogP contribution >= 0.6 is 0 Å². The molecule has 1 saturated heterocycles. The van der Waals surface area contributed by atoms with Crippen LogP contribution in [0.15, 0.2) is 48.8 Å². The van der Waals surface area contributed by atoms with Gasteiger partial charge in [-0.25, -0.2) is 14.8 Å². The number of rotatable bonds is 10. The second kappa shape index (κ2) is 12.7. The van der Waals surface area contributed by atoms with Gasteiger partial charge in [0.2, 0.25) is 11.9 Å². The average molecular weight is 455 g/mol. The molecule has 1 fully saturated rings. The molecule has 0 radical (unpaired) electrons. The van der Waals surface area contributed by atoms with Crippen molar-refractivity contribution in [2.75, 3.05) is 44.2 Å². The molecule has 3 rings (SSSR count). The van der Waals surface area contributed by atoms with Crippen molar-refractivity contribution in [3.63, 3.8) is 0 Å². The van der Waals surface area contributed by atoms with Crippen LogP contribution in [0.4, 0.5) is 10.7 Å². The Balaban J connectivity index is 1.40. The molecule has 1 aliphatic rings. The summed E-state index contributed by atoms with van der Waals surface area (Å²) in [6.45, 7) is 8.85. The lowest BCUT2D eigenvalue weighted by Crippen LogP contribution is -2.52. The number of nitrogens with one attached hydrogen (secondary N) is 2. The van der Waals surface area contributed by atoms with Crippen molar-refractivity contribution in [2.45, 2.75) is 32.9 Å². The standard InChI is InChI=1S/C24H34N6O3/c1-3-19(2)21(28-24(32)33-18-20-8-5-4-6-9-20)22(31)25-12-13-29-14-16-30(17-15-29)23-26-10-7-11-27-23/h4-11,19,21H,3,12-18H2,1-2H3,(H,25,31)(H,28,32)/t19-,21-/m0/s1. The Bertz CT molecular complexity index is 859. The Morgan fingerprint density at radius 3 is 2.42 bits per heavy atom. The van der Waals surface area contributed by atoms with Crippen LogP contribution in [-0.4, -0.2) is 72.2 Å². The predicted octanol–water partition coefficient (Wildman–Crippen LogP) is 2.06. The molecule has 1 aliphatic heterocycles. The van der Waals surface area contributed by atoms with Crippen molar-refractivity contribution >= 4 is 17.9 Å². The van der Waals surface area contributed by atoms with Crippen LogP contribution in [0.1, 0.15) is 25.8 Å². The normalized spacial score (nSPS) is 16.0. The number of carbonyl (C=O) groups is 2. The number of benzene rings is 1. The number of aromatic nitrogens is 2. The minimum atomic E-state index is -0.634. The lowest BCUT2D eigenvalue weighted by molar-refractivity contribution is -0.124. The molecule has 9 heteroatoms. The van der Waals surface area contributed by atoms with Gasteiger partial charge in [0.1, 0.15) is 12.6 Å². The number of amides is 2. The van der Waals surface area contributed by atoms with Gasteiger partial charge in [-0.2, -0.15) is 0 Å². The monoisotopic (exact) mass is 454 g/mol. The highest BCUT2D eigenvalue weighted by molar-refractivity contribution is 5.85. The van der Waals surface area contributed by atoms with Crippen LogP contribution in [0, 0.1) is 5.92 Å². The van der Waals surface area contributed by atoms with Crippen LogP contribution in [0.3, 0.4) is 0 Å². The van der Waals surface area contributed by atoms with E-state index in [1.807, 2.05) is 50.2 Å². The van der Waals surface area contributed by atoms with E-state index in [0.717, 1.165) is 50.7 Å². The number of alkyl carbamates (subject to hydrolysis) is 1. The Morgan fingerprint density at radius 2 is 1.76 bits per heavy atom. The fraction of sp³-hybridized carbons (Fsp3) is 0.500. The van der Waals surface area contributed by atoms with Gasteiger partial charge >= 0.3 is 6.09 Å². The van der Waals surface area contributed by atoms with Crippen molar-refractivity contribution in [1.82, 2.24) is 25.5 Å². The molecule has 178 valence electrons. The molecule has 1 aromatic heterocycles. The minimum absolute atomic E-state index is 0.0105. The molecule has 9 nitrogen and oxygen atoms in total. The number of carbonyl (C=O) groups excluding carboxylic acids is 2. The molecule has 0 bridgehead atoms. The first kappa shape index (κ1) is 24.4. The number of piperazine rings is 1. The number of hydrogen-bond acceptors (Lipinski definition) is 7. The van der Waals surface area contributed by atoms with Crippen molar-refractivity contribution in [2.24, 2.45) is 5.92 Å². The Kier molecular flexibility index (Phi) is 9.44. The Labute approximate surface area is 195 Å². The van der Waals surface area contributed by atoms with Gasteiger partial charge < -0.3 is 20.3 Å². The molecule has 1 aromatic carbocycles. The maximum absolute atomic E-state index is 12.8. The van der Waals surface area contributed by atoms with Gasteiger partial charge in [-0.15, -0.1) is 0 Å². The van der Waals surface area contributed by atoms with E-state index >= 15 is 0 Å². The van der Waals surface area contributed by atoms with E-state index in [4.69, 9.17) is 4.74 Å². The summed E-state index contributed by atoms with van der Waals surface area (Å²) in [5.74, 6) is 0.563. The van der Waals surface area contributed by atoms with Gasteiger partial charge in [-0.3, -0.25) is 9.69 Å². The Hall–Kier alpha value is -3.20. The summed E-state index contributed by atoms with van der Waals surface area (Å²) in [5.41, 5.74) is 0.899. The zero-order valence-corrected chi connectivity index (χ0v) is 19.4. The molecular formula is C24H34N6O3. The summed E-state index contributed by atoms with van der Waals surface area (Å²) in [5, 5.41) is 5.72. The van der Waals surface area contributed by atoms with E-state index in [0.29, 0.717) is 6.54 Å². The SMILES string of the molecule is CC[C@H](C)[C@H](NC(=O)OCc1ccccc1)C(=O)NCCN1CCN(c2ncccn2)CC1. The second-order valence-electron chi connectivity index (χ2n) is 8.24. The summed E-state index contributed by atoms with van der Waals surface area (Å²) in [4.78, 5) is 38.2. The molecule has 2 N–H and O–H groups in total. The lowest BCUT2D eigenvalue weighted by atomic mass is 9.98. The smallest absolute Gasteiger partial charge is 0.408 e. The van der Waals surface area contributed by atoms with E-state index in [-0.39, 0.29) is 18.4 Å². The molecule has 33 heavy (non-hydrogen) atoms. The molecular weight excluding hydrogens is 420 g/mol. The van der Waals surface area contributed by atoms with Gasteiger partial charge in [0, 0.05) is 51.7 Å². The third kappa shape index (κ3) is 7.71. The molecule has 0 spiro atoms. The summed E-state index contributed by atoms with van der Waals surface area (Å²) < 4.78 is 5.30. The Morgan fingerprint density at radius 1 is 1.06 bits per heavy atom. The highest BCUT2D eigenvalue weighted by atomic mass is 16.5. The van der Waals surface area contributed by atoms with Crippen LogP contribution < -0.4 is 15.5 Å². The summed E-state index contributed by atoms with van der Waals surface area (Å²) in [7, 11) is 0. The van der Waals surface area contributed by atoms with Crippen molar-refractivity contribution in [1.29, 1.82) is 0 Å². The molecule has 2 heterocycles. The summed E-state index contributed by atoms with van der Waals surface area (Å²) in [6.07, 6.45) is 3.69. The van der Waals surface area contributed by atoms with Gasteiger partial charge in [-0.05, 0) is 17.5 Å². The lowest BCUT2D eigenvalue weighted by Gasteiger charge is -2.34. The molecule has 0 saturated carbocycles. The highest BCUT2D eigenvalue weighted by Crippen LogP contribution is 2.11. The molecule has 2 amide bonds. The molecule has 2 aromatic rings. The predicted molar refractivity (Wildman–Crippen MR) is 127 cm³/mol. The van der Waals surface area contributed by atoms with Gasteiger partial charge in [0.25, 0.3) is 0 Å². The second-order valence-corrected chi connectivity index (χ2v) is 8.24. The minimum Gasteiger partial charge on any atom is -0.445 e. The number of ether oxygens (including phenoxy) is 1. The first-order valence-corrected chi connectivity index (χ1v) is 11.6. The first-order chi connectivity index (χ1) is 16.1. The third-order valence-corrected chi connectivity index (χ3v) is 5.92. The molecule has 0 unspecified atom stereocenters. The van der Waals surface area contributed by atoms with E-state index in [1.165, 1.54) is 0 Å². The molecule has 2 atom stereocenters. The summed E-state index contributed by atoms with van der Waals surface area (Å²) >= 11 is 0. The third-order valence-electron chi connectivity index (χ3n) is 5.92. The van der Waals surface area contributed by atoms with E-state index < -0.39 is 12.1 Å². The first-order valence-electron chi connectivity index (χ1n) is 11.6. The van der Waals surface area contributed by atoms with Crippen LogP contribution in [0.2, 0.25) is 0 Å². The van der Waals surface area contributed by atoms with Crippen LogP contribution in [-0.2, 0) is 16.1 Å². The number of hydrogen-bond donors (Lipinski definition) is 2. The van der Waals surface area contributed by atoms with Crippen LogP contribution in [0.5, 0.6) is 0 Å². The van der Waals surface area contributed by atoms with E-state index in [2.05, 4.69) is 30.4 Å². The fourth-order valence-electron chi connectivity index (χ4n) is 3.67.